The molecule has 0 aliphatic heterocycles. The van der Waals surface area contributed by atoms with Crippen molar-refractivity contribution in [2.24, 2.45) is 0 Å². The van der Waals surface area contributed by atoms with E-state index in [9.17, 15) is 0 Å². The number of ether oxygens (including phenoxy) is 1. The molecule has 0 fully saturated rings. The molecular formula is C11H12IN3OS. The molecule has 2 rings (SSSR count). The number of rotatable bonds is 5. The standard InChI is InChI=1S/C11H12IN3OS/c1-2-13-11-10(14-15-17-11)7-16-9-5-3-8(12)4-6-9/h3-6,13H,2,7H2,1H3. The number of aromatic nitrogens is 2. The molecule has 0 saturated carbocycles. The van der Waals surface area contributed by atoms with Gasteiger partial charge in [0, 0.05) is 21.6 Å². The van der Waals surface area contributed by atoms with Crippen molar-refractivity contribution in [3.63, 3.8) is 0 Å². The van der Waals surface area contributed by atoms with E-state index in [1.54, 1.807) is 0 Å². The first-order chi connectivity index (χ1) is 8.29. The highest BCUT2D eigenvalue weighted by atomic mass is 127. The molecule has 0 spiro atoms. The lowest BCUT2D eigenvalue weighted by Crippen LogP contribution is -2.02. The minimum atomic E-state index is 0.444. The summed E-state index contributed by atoms with van der Waals surface area (Å²) in [6, 6.07) is 7.93. The predicted molar refractivity (Wildman–Crippen MR) is 77.6 cm³/mol. The third kappa shape index (κ3) is 3.53. The Kier molecular flexibility index (Phi) is 4.55. The first kappa shape index (κ1) is 12.6. The maximum atomic E-state index is 5.65. The Morgan fingerprint density at radius 1 is 1.35 bits per heavy atom. The van der Waals surface area contributed by atoms with E-state index in [4.69, 9.17) is 4.74 Å². The van der Waals surface area contributed by atoms with E-state index in [0.717, 1.165) is 23.0 Å². The van der Waals surface area contributed by atoms with Crippen LogP contribution in [0.2, 0.25) is 0 Å². The first-order valence-corrected chi connectivity index (χ1v) is 7.08. The zero-order valence-corrected chi connectivity index (χ0v) is 12.3. The van der Waals surface area contributed by atoms with E-state index >= 15 is 0 Å². The van der Waals surface area contributed by atoms with Crippen LogP contribution < -0.4 is 10.1 Å². The fraction of sp³-hybridized carbons (Fsp3) is 0.273. The second-order valence-corrected chi connectivity index (χ2v) is 5.32. The largest absolute Gasteiger partial charge is 0.487 e. The van der Waals surface area contributed by atoms with Crippen LogP contribution in [0.15, 0.2) is 24.3 Å². The van der Waals surface area contributed by atoms with Gasteiger partial charge in [0.2, 0.25) is 0 Å². The fourth-order valence-electron chi connectivity index (χ4n) is 1.28. The number of hydrogen-bond acceptors (Lipinski definition) is 5. The lowest BCUT2D eigenvalue weighted by molar-refractivity contribution is 0.301. The van der Waals surface area contributed by atoms with Crippen LogP contribution in [-0.2, 0) is 6.61 Å². The van der Waals surface area contributed by atoms with Crippen molar-refractivity contribution in [1.29, 1.82) is 0 Å². The van der Waals surface area contributed by atoms with E-state index in [2.05, 4.69) is 37.5 Å². The van der Waals surface area contributed by atoms with E-state index in [1.807, 2.05) is 31.2 Å². The molecule has 1 aromatic heterocycles. The number of anilines is 1. The molecule has 0 amide bonds. The van der Waals surface area contributed by atoms with E-state index in [0.29, 0.717) is 6.61 Å². The van der Waals surface area contributed by atoms with Gasteiger partial charge in [0.05, 0.1) is 0 Å². The van der Waals surface area contributed by atoms with Gasteiger partial charge in [0.25, 0.3) is 0 Å². The van der Waals surface area contributed by atoms with Crippen LogP contribution >= 0.6 is 34.1 Å². The van der Waals surface area contributed by atoms with Crippen molar-refractivity contribution >= 4 is 39.1 Å². The van der Waals surface area contributed by atoms with Gasteiger partial charge in [-0.3, -0.25) is 0 Å². The van der Waals surface area contributed by atoms with Crippen LogP contribution in [0.4, 0.5) is 5.00 Å². The van der Waals surface area contributed by atoms with Crippen LogP contribution in [0.5, 0.6) is 5.75 Å². The van der Waals surface area contributed by atoms with Gasteiger partial charge in [-0.2, -0.15) is 0 Å². The minimum absolute atomic E-state index is 0.444. The van der Waals surface area contributed by atoms with Crippen LogP contribution in [-0.4, -0.2) is 16.1 Å². The van der Waals surface area contributed by atoms with Crippen molar-refractivity contribution in [3.8, 4) is 5.75 Å². The summed E-state index contributed by atoms with van der Waals surface area (Å²) in [6.45, 7) is 3.35. The highest BCUT2D eigenvalue weighted by Gasteiger charge is 2.07. The molecule has 1 aromatic carbocycles. The van der Waals surface area contributed by atoms with Gasteiger partial charge in [-0.25, -0.2) is 0 Å². The summed E-state index contributed by atoms with van der Waals surface area (Å²) in [5.41, 5.74) is 0.857. The zero-order chi connectivity index (χ0) is 12.1. The molecule has 90 valence electrons. The summed E-state index contributed by atoms with van der Waals surface area (Å²) in [5, 5.41) is 8.25. The summed E-state index contributed by atoms with van der Waals surface area (Å²) in [6.07, 6.45) is 0. The Balaban J connectivity index is 1.97. The summed E-state index contributed by atoms with van der Waals surface area (Å²) in [7, 11) is 0. The molecule has 0 atom stereocenters. The monoisotopic (exact) mass is 361 g/mol. The van der Waals surface area contributed by atoms with Crippen molar-refractivity contribution in [1.82, 2.24) is 9.59 Å². The van der Waals surface area contributed by atoms with Gasteiger partial charge < -0.3 is 10.1 Å². The van der Waals surface area contributed by atoms with Gasteiger partial charge in [0.1, 0.15) is 23.1 Å². The Labute approximate surface area is 118 Å². The number of nitrogens with one attached hydrogen (secondary N) is 1. The van der Waals surface area contributed by atoms with E-state index in [1.165, 1.54) is 15.1 Å². The third-order valence-corrected chi connectivity index (χ3v) is 3.53. The quantitative estimate of drug-likeness (QED) is 0.832. The summed E-state index contributed by atoms with van der Waals surface area (Å²) in [4.78, 5) is 0. The predicted octanol–water partition coefficient (Wildman–Crippen LogP) is 3.15. The van der Waals surface area contributed by atoms with Gasteiger partial charge in [-0.1, -0.05) is 4.49 Å². The number of nitrogens with zero attached hydrogens (tertiary/aromatic N) is 2. The number of benzene rings is 1. The molecule has 0 radical (unpaired) electrons. The highest BCUT2D eigenvalue weighted by Crippen LogP contribution is 2.20. The Morgan fingerprint density at radius 2 is 2.12 bits per heavy atom. The smallest absolute Gasteiger partial charge is 0.136 e. The second kappa shape index (κ2) is 6.15. The molecule has 0 aliphatic rings. The molecular weight excluding hydrogens is 349 g/mol. The maximum absolute atomic E-state index is 5.65. The third-order valence-electron chi connectivity index (χ3n) is 2.08. The molecule has 0 bridgehead atoms. The van der Waals surface area contributed by atoms with Crippen LogP contribution in [0, 0.1) is 3.57 Å². The van der Waals surface area contributed by atoms with Gasteiger partial charge >= 0.3 is 0 Å². The molecule has 4 nitrogen and oxygen atoms in total. The van der Waals surface area contributed by atoms with Crippen molar-refractivity contribution in [2.45, 2.75) is 13.5 Å². The van der Waals surface area contributed by atoms with E-state index in [-0.39, 0.29) is 0 Å². The van der Waals surface area contributed by atoms with Crippen molar-refractivity contribution < 1.29 is 4.74 Å². The number of halogens is 1. The normalized spacial score (nSPS) is 10.2. The SMILES string of the molecule is CCNc1snnc1COc1ccc(I)cc1. The van der Waals surface area contributed by atoms with Gasteiger partial charge in [-0.15, -0.1) is 5.10 Å². The second-order valence-electron chi connectivity index (χ2n) is 3.32. The highest BCUT2D eigenvalue weighted by molar-refractivity contribution is 14.1. The van der Waals surface area contributed by atoms with Crippen LogP contribution in [0.25, 0.3) is 0 Å². The summed E-state index contributed by atoms with van der Waals surface area (Å²) < 4.78 is 10.8. The van der Waals surface area contributed by atoms with Crippen molar-refractivity contribution in [2.75, 3.05) is 11.9 Å². The Bertz CT molecular complexity index is 472. The summed E-state index contributed by atoms with van der Waals surface area (Å²) >= 11 is 3.62. The average molecular weight is 361 g/mol. The topological polar surface area (TPSA) is 47.0 Å². The number of hydrogen-bond donors (Lipinski definition) is 1. The maximum Gasteiger partial charge on any atom is 0.136 e. The molecule has 0 unspecified atom stereocenters. The molecule has 17 heavy (non-hydrogen) atoms. The minimum Gasteiger partial charge on any atom is -0.487 e. The van der Waals surface area contributed by atoms with E-state index < -0.39 is 0 Å². The first-order valence-electron chi connectivity index (χ1n) is 5.23. The van der Waals surface area contributed by atoms with Crippen molar-refractivity contribution in [3.05, 3.63) is 33.5 Å². The average Bonchev–Trinajstić information content (AvgIpc) is 2.77. The zero-order valence-electron chi connectivity index (χ0n) is 9.31. The Morgan fingerprint density at radius 3 is 2.82 bits per heavy atom. The Hall–Kier alpha value is -0.890. The van der Waals surface area contributed by atoms with Crippen LogP contribution in [0.3, 0.4) is 0 Å². The molecule has 1 N–H and O–H groups in total. The van der Waals surface area contributed by atoms with Gasteiger partial charge in [-0.05, 0) is 53.8 Å². The lowest BCUT2D eigenvalue weighted by atomic mass is 10.3. The molecule has 2 aromatic rings. The lowest BCUT2D eigenvalue weighted by Gasteiger charge is -2.05. The molecule has 1 heterocycles. The fourth-order valence-corrected chi connectivity index (χ4v) is 2.28. The molecule has 0 saturated heterocycles. The summed E-state index contributed by atoms with van der Waals surface area (Å²) in [5.74, 6) is 0.848. The molecule has 6 heteroatoms. The molecule has 0 aliphatic carbocycles. The van der Waals surface area contributed by atoms with Crippen LogP contribution in [0.1, 0.15) is 12.6 Å². The van der Waals surface area contributed by atoms with Gasteiger partial charge in [0.15, 0.2) is 0 Å².